The van der Waals surface area contributed by atoms with Crippen molar-refractivity contribution in [2.45, 2.75) is 12.8 Å². The number of nitrogens with two attached hydrogens (primary N) is 1. The van der Waals surface area contributed by atoms with Gasteiger partial charge in [0.2, 0.25) is 0 Å². The fraction of sp³-hybridized carbons (Fsp3) is 0.500. The Morgan fingerprint density at radius 1 is 1.48 bits per heavy atom. The number of anilines is 1. The van der Waals surface area contributed by atoms with Gasteiger partial charge in [-0.3, -0.25) is 4.79 Å². The first-order valence-electron chi connectivity index (χ1n) is 7.14. The molecule has 2 aromatic heterocycles. The molecule has 1 fully saturated rings. The first-order chi connectivity index (χ1) is 10.2. The van der Waals surface area contributed by atoms with Crippen LogP contribution >= 0.6 is 11.3 Å². The van der Waals surface area contributed by atoms with Gasteiger partial charge < -0.3 is 15.5 Å². The highest BCUT2D eigenvalue weighted by Gasteiger charge is 2.21. The van der Waals surface area contributed by atoms with E-state index in [-0.39, 0.29) is 5.91 Å². The normalized spacial score (nSPS) is 15.7. The number of nitrogen functional groups attached to an aromatic ring is 1. The highest BCUT2D eigenvalue weighted by Crippen LogP contribution is 2.32. The van der Waals surface area contributed by atoms with Crippen molar-refractivity contribution in [3.8, 4) is 0 Å². The number of hydrogen-bond acceptors (Lipinski definition) is 6. The Bertz CT molecular complexity index is 650. The number of carbonyl (C=O) groups is 1. The van der Waals surface area contributed by atoms with E-state index in [0.29, 0.717) is 15.4 Å². The summed E-state index contributed by atoms with van der Waals surface area (Å²) in [5.41, 5.74) is 6.60. The standard InChI is InChI=1S/C14H19N5OS/c1-18(8-9-19-6-2-3-7-19)14(20)12-11(15)10-4-5-16-17-13(10)21-12/h4-5H,2-3,6-9,15H2,1H3. The maximum absolute atomic E-state index is 12.5. The van der Waals surface area contributed by atoms with Crippen LogP contribution in [0.2, 0.25) is 0 Å². The largest absolute Gasteiger partial charge is 0.397 e. The van der Waals surface area contributed by atoms with E-state index in [0.717, 1.165) is 31.6 Å². The lowest BCUT2D eigenvalue weighted by molar-refractivity contribution is 0.0788. The average Bonchev–Trinajstić information content (AvgIpc) is 3.13. The summed E-state index contributed by atoms with van der Waals surface area (Å²) in [6.45, 7) is 3.93. The Balaban J connectivity index is 1.71. The average molecular weight is 305 g/mol. The molecule has 3 rings (SSSR count). The Hall–Kier alpha value is -1.73. The van der Waals surface area contributed by atoms with Crippen molar-refractivity contribution in [2.24, 2.45) is 0 Å². The lowest BCUT2D eigenvalue weighted by atomic mass is 10.2. The second kappa shape index (κ2) is 5.95. The van der Waals surface area contributed by atoms with Crippen molar-refractivity contribution in [1.82, 2.24) is 20.0 Å². The fourth-order valence-corrected chi connectivity index (χ4v) is 3.64. The Labute approximate surface area is 127 Å². The van der Waals surface area contributed by atoms with Crippen LogP contribution in [0.1, 0.15) is 22.5 Å². The number of carbonyl (C=O) groups excluding carboxylic acids is 1. The van der Waals surface area contributed by atoms with E-state index in [1.807, 2.05) is 7.05 Å². The molecule has 0 aliphatic carbocycles. The minimum atomic E-state index is -0.0327. The van der Waals surface area contributed by atoms with Crippen LogP contribution in [-0.2, 0) is 0 Å². The van der Waals surface area contributed by atoms with E-state index in [1.54, 1.807) is 17.2 Å². The number of amides is 1. The third-order valence-corrected chi connectivity index (χ3v) is 5.01. The first-order valence-corrected chi connectivity index (χ1v) is 7.96. The Kier molecular flexibility index (Phi) is 4.03. The Morgan fingerprint density at radius 3 is 2.95 bits per heavy atom. The number of thiophene rings is 1. The molecule has 2 N–H and O–H groups in total. The fourth-order valence-electron chi connectivity index (χ4n) is 2.60. The molecule has 0 saturated carbocycles. The molecule has 0 radical (unpaired) electrons. The lowest BCUT2D eigenvalue weighted by Gasteiger charge is -2.21. The molecule has 0 unspecified atom stereocenters. The Morgan fingerprint density at radius 2 is 2.24 bits per heavy atom. The van der Waals surface area contributed by atoms with Crippen molar-refractivity contribution in [2.75, 3.05) is 39.0 Å². The number of likely N-dealkylation sites (N-methyl/N-ethyl adjacent to an activating group) is 1. The van der Waals surface area contributed by atoms with Crippen LogP contribution in [0, 0.1) is 0 Å². The molecule has 2 aromatic rings. The summed E-state index contributed by atoms with van der Waals surface area (Å²) in [7, 11) is 1.83. The van der Waals surface area contributed by atoms with Crippen LogP contribution in [0.3, 0.4) is 0 Å². The van der Waals surface area contributed by atoms with E-state index >= 15 is 0 Å². The lowest BCUT2D eigenvalue weighted by Crippen LogP contribution is -2.35. The summed E-state index contributed by atoms with van der Waals surface area (Å²) in [5.74, 6) is -0.0327. The van der Waals surface area contributed by atoms with Gasteiger partial charge in [0, 0.05) is 25.5 Å². The maximum atomic E-state index is 12.5. The summed E-state index contributed by atoms with van der Waals surface area (Å²) in [6, 6.07) is 1.80. The molecule has 0 bridgehead atoms. The molecule has 1 aliphatic heterocycles. The summed E-state index contributed by atoms with van der Waals surface area (Å²) in [6.07, 6.45) is 4.12. The number of fused-ring (bicyclic) bond motifs is 1. The second-order valence-electron chi connectivity index (χ2n) is 5.37. The third-order valence-electron chi connectivity index (χ3n) is 3.91. The number of rotatable bonds is 4. The van der Waals surface area contributed by atoms with E-state index in [4.69, 9.17) is 5.73 Å². The monoisotopic (exact) mass is 305 g/mol. The van der Waals surface area contributed by atoms with E-state index in [1.165, 1.54) is 24.2 Å². The predicted octanol–water partition coefficient (Wildman–Crippen LogP) is 1.44. The summed E-state index contributed by atoms with van der Waals surface area (Å²) in [5, 5.41) is 8.67. The van der Waals surface area contributed by atoms with E-state index in [2.05, 4.69) is 15.1 Å². The summed E-state index contributed by atoms with van der Waals surface area (Å²) in [4.78, 5) is 17.9. The number of likely N-dealkylation sites (tertiary alicyclic amines) is 1. The number of hydrogen-bond donors (Lipinski definition) is 1. The van der Waals surface area contributed by atoms with E-state index < -0.39 is 0 Å². The molecule has 0 atom stereocenters. The van der Waals surface area contributed by atoms with Gasteiger partial charge in [-0.25, -0.2) is 0 Å². The van der Waals surface area contributed by atoms with Crippen LogP contribution in [0.25, 0.3) is 10.2 Å². The topological polar surface area (TPSA) is 75.3 Å². The van der Waals surface area contributed by atoms with Crippen LogP contribution < -0.4 is 5.73 Å². The van der Waals surface area contributed by atoms with Crippen LogP contribution in [0.5, 0.6) is 0 Å². The van der Waals surface area contributed by atoms with Crippen molar-refractivity contribution in [3.05, 3.63) is 17.1 Å². The van der Waals surface area contributed by atoms with Crippen molar-refractivity contribution < 1.29 is 4.79 Å². The highest BCUT2D eigenvalue weighted by molar-refractivity contribution is 7.21. The summed E-state index contributed by atoms with van der Waals surface area (Å²) < 4.78 is 0. The minimum absolute atomic E-state index is 0.0327. The molecule has 0 spiro atoms. The predicted molar refractivity (Wildman–Crippen MR) is 84.5 cm³/mol. The van der Waals surface area contributed by atoms with Gasteiger partial charge in [-0.05, 0) is 32.0 Å². The van der Waals surface area contributed by atoms with Gasteiger partial charge in [0.05, 0.1) is 11.9 Å². The molecule has 1 saturated heterocycles. The SMILES string of the molecule is CN(CCN1CCCC1)C(=O)c1sc2nnccc2c1N. The van der Waals surface area contributed by atoms with E-state index in [9.17, 15) is 4.79 Å². The van der Waals surface area contributed by atoms with Crippen molar-refractivity contribution in [1.29, 1.82) is 0 Å². The molecule has 21 heavy (non-hydrogen) atoms. The maximum Gasteiger partial charge on any atom is 0.265 e. The molecular formula is C14H19N5OS. The van der Waals surface area contributed by atoms with Crippen molar-refractivity contribution >= 4 is 33.1 Å². The van der Waals surface area contributed by atoms with Gasteiger partial charge in [-0.1, -0.05) is 0 Å². The van der Waals surface area contributed by atoms with Gasteiger partial charge in [0.1, 0.15) is 9.71 Å². The zero-order valence-corrected chi connectivity index (χ0v) is 12.9. The van der Waals surface area contributed by atoms with Crippen LogP contribution in [0.15, 0.2) is 12.3 Å². The smallest absolute Gasteiger partial charge is 0.265 e. The second-order valence-corrected chi connectivity index (χ2v) is 6.37. The first kappa shape index (κ1) is 14.2. The van der Waals surface area contributed by atoms with Crippen LogP contribution in [0.4, 0.5) is 5.69 Å². The molecule has 1 amide bonds. The van der Waals surface area contributed by atoms with Gasteiger partial charge >= 0.3 is 0 Å². The number of aromatic nitrogens is 2. The van der Waals surface area contributed by atoms with Crippen LogP contribution in [-0.4, -0.2) is 59.1 Å². The zero-order valence-electron chi connectivity index (χ0n) is 12.1. The van der Waals surface area contributed by atoms with Gasteiger partial charge in [0.25, 0.3) is 5.91 Å². The molecule has 112 valence electrons. The highest BCUT2D eigenvalue weighted by atomic mass is 32.1. The molecule has 0 aromatic carbocycles. The molecule has 7 heteroatoms. The molecule has 3 heterocycles. The van der Waals surface area contributed by atoms with Gasteiger partial charge in [-0.15, -0.1) is 16.4 Å². The molecule has 6 nitrogen and oxygen atoms in total. The van der Waals surface area contributed by atoms with Gasteiger partial charge in [-0.2, -0.15) is 5.10 Å². The molecule has 1 aliphatic rings. The quantitative estimate of drug-likeness (QED) is 0.925. The van der Waals surface area contributed by atoms with Gasteiger partial charge in [0.15, 0.2) is 0 Å². The van der Waals surface area contributed by atoms with Crippen molar-refractivity contribution in [3.63, 3.8) is 0 Å². The summed E-state index contributed by atoms with van der Waals surface area (Å²) >= 11 is 1.32. The zero-order chi connectivity index (χ0) is 14.8. The third kappa shape index (κ3) is 2.84. The molecular weight excluding hydrogens is 286 g/mol. The number of nitrogens with zero attached hydrogens (tertiary/aromatic N) is 4. The minimum Gasteiger partial charge on any atom is -0.397 e.